The fraction of sp³-hybridized carbons (Fsp3) is 0.375. The SMILES string of the molecule is COc1cc2ccc1CNC(=O)CCc1ccc(OC)c(c1)OCC(=O)N[C@@H]1CN(Cc3ccc(F)cc3)CC[C@@H]1O2. The minimum atomic E-state index is -0.337. The minimum absolute atomic E-state index is 0.0943. The van der Waals surface area contributed by atoms with Crippen LogP contribution >= 0.6 is 0 Å². The zero-order valence-corrected chi connectivity index (χ0v) is 23.9. The lowest BCUT2D eigenvalue weighted by Gasteiger charge is -2.39. The van der Waals surface area contributed by atoms with Crippen molar-refractivity contribution in [2.45, 2.75) is 44.5 Å². The van der Waals surface area contributed by atoms with Gasteiger partial charge in [0.05, 0.1) is 20.3 Å². The molecule has 3 aliphatic rings. The number of amides is 2. The van der Waals surface area contributed by atoms with Gasteiger partial charge >= 0.3 is 0 Å². The number of likely N-dealkylation sites (tertiary alicyclic amines) is 1. The van der Waals surface area contributed by atoms with Crippen LogP contribution in [-0.4, -0.2) is 62.8 Å². The van der Waals surface area contributed by atoms with Crippen LogP contribution in [0, 0.1) is 5.82 Å². The maximum atomic E-state index is 13.4. The first-order chi connectivity index (χ1) is 20.4. The molecule has 0 aromatic heterocycles. The van der Waals surface area contributed by atoms with E-state index in [1.165, 1.54) is 19.2 Å². The largest absolute Gasteiger partial charge is 0.496 e. The van der Waals surface area contributed by atoms with Crippen molar-refractivity contribution < 1.29 is 32.9 Å². The van der Waals surface area contributed by atoms with Gasteiger partial charge in [-0.1, -0.05) is 18.2 Å². The molecule has 1 fully saturated rings. The molecule has 4 bridgehead atoms. The number of methoxy groups -OCH3 is 2. The fourth-order valence-corrected chi connectivity index (χ4v) is 5.31. The summed E-state index contributed by atoms with van der Waals surface area (Å²) in [6, 6.07) is 17.1. The number of fused-ring (bicyclic) bond motifs is 9. The predicted molar refractivity (Wildman–Crippen MR) is 154 cm³/mol. The lowest BCUT2D eigenvalue weighted by molar-refractivity contribution is -0.125. The van der Waals surface area contributed by atoms with E-state index in [9.17, 15) is 14.0 Å². The molecule has 10 heteroatoms. The van der Waals surface area contributed by atoms with E-state index in [4.69, 9.17) is 18.9 Å². The second kappa shape index (κ2) is 13.6. The van der Waals surface area contributed by atoms with E-state index in [2.05, 4.69) is 15.5 Å². The first-order valence-electron chi connectivity index (χ1n) is 14.1. The molecule has 3 heterocycles. The maximum Gasteiger partial charge on any atom is 0.258 e. The van der Waals surface area contributed by atoms with Crippen LogP contribution in [-0.2, 0) is 29.1 Å². The van der Waals surface area contributed by atoms with Gasteiger partial charge in [-0.3, -0.25) is 14.5 Å². The van der Waals surface area contributed by atoms with Crippen LogP contribution in [0.3, 0.4) is 0 Å². The molecule has 0 radical (unpaired) electrons. The van der Waals surface area contributed by atoms with Gasteiger partial charge < -0.3 is 29.6 Å². The van der Waals surface area contributed by atoms with E-state index in [1.807, 2.05) is 18.2 Å². The molecule has 6 rings (SSSR count). The number of rotatable bonds is 4. The Morgan fingerprint density at radius 1 is 0.952 bits per heavy atom. The molecule has 2 amide bonds. The first-order valence-corrected chi connectivity index (χ1v) is 14.1. The summed E-state index contributed by atoms with van der Waals surface area (Å²) in [6.45, 7) is 1.99. The number of hydrogen-bond donors (Lipinski definition) is 2. The number of ether oxygens (including phenoxy) is 4. The van der Waals surface area contributed by atoms with Gasteiger partial charge in [0.1, 0.15) is 23.4 Å². The average Bonchev–Trinajstić information content (AvgIpc) is 3.00. The van der Waals surface area contributed by atoms with Gasteiger partial charge in [0.15, 0.2) is 18.1 Å². The highest BCUT2D eigenvalue weighted by atomic mass is 19.1. The Kier molecular flexibility index (Phi) is 9.43. The predicted octanol–water partition coefficient (Wildman–Crippen LogP) is 3.62. The molecule has 0 saturated carbocycles. The Balaban J connectivity index is 1.39. The summed E-state index contributed by atoms with van der Waals surface area (Å²) in [4.78, 5) is 28.0. The number of aryl methyl sites for hydroxylation is 1. The van der Waals surface area contributed by atoms with Crippen LogP contribution in [0.1, 0.15) is 29.5 Å². The summed E-state index contributed by atoms with van der Waals surface area (Å²) >= 11 is 0. The van der Waals surface area contributed by atoms with E-state index in [0.717, 1.165) is 23.2 Å². The summed E-state index contributed by atoms with van der Waals surface area (Å²) in [7, 11) is 3.12. The van der Waals surface area contributed by atoms with Crippen molar-refractivity contribution in [2.24, 2.45) is 0 Å². The zero-order valence-electron chi connectivity index (χ0n) is 23.9. The summed E-state index contributed by atoms with van der Waals surface area (Å²) in [5.74, 6) is 1.48. The average molecular weight is 578 g/mol. The molecule has 2 atom stereocenters. The van der Waals surface area contributed by atoms with Gasteiger partial charge in [0.25, 0.3) is 5.91 Å². The third kappa shape index (κ3) is 7.50. The molecule has 1 saturated heterocycles. The second-order valence-electron chi connectivity index (χ2n) is 10.5. The van der Waals surface area contributed by atoms with Crippen LogP contribution in [0.4, 0.5) is 4.39 Å². The topological polar surface area (TPSA) is 98.4 Å². The number of halogens is 1. The van der Waals surface area contributed by atoms with E-state index in [0.29, 0.717) is 55.5 Å². The summed E-state index contributed by atoms with van der Waals surface area (Å²) in [5.41, 5.74) is 2.70. The molecular formula is C32H36FN3O6. The number of carbonyl (C=O) groups excluding carboxylic acids is 2. The lowest BCUT2D eigenvalue weighted by atomic mass is 10.0. The zero-order chi connectivity index (χ0) is 29.5. The lowest BCUT2D eigenvalue weighted by Crippen LogP contribution is -2.57. The quantitative estimate of drug-likeness (QED) is 0.489. The number of nitrogens with one attached hydrogen (secondary N) is 2. The molecule has 0 spiro atoms. The van der Waals surface area contributed by atoms with Gasteiger partial charge in [0.2, 0.25) is 5.91 Å². The van der Waals surface area contributed by atoms with Crippen LogP contribution in [0.2, 0.25) is 0 Å². The normalized spacial score (nSPS) is 20.0. The highest BCUT2D eigenvalue weighted by Gasteiger charge is 2.32. The monoisotopic (exact) mass is 577 g/mol. The van der Waals surface area contributed by atoms with Gasteiger partial charge in [0, 0.05) is 44.2 Å². The van der Waals surface area contributed by atoms with Crippen molar-refractivity contribution in [3.8, 4) is 23.0 Å². The smallest absolute Gasteiger partial charge is 0.258 e. The van der Waals surface area contributed by atoms with Gasteiger partial charge in [-0.2, -0.15) is 0 Å². The second-order valence-corrected chi connectivity index (χ2v) is 10.5. The number of nitrogens with zero attached hydrogens (tertiary/aromatic N) is 1. The molecule has 3 aromatic carbocycles. The highest BCUT2D eigenvalue weighted by molar-refractivity contribution is 5.78. The van der Waals surface area contributed by atoms with E-state index >= 15 is 0 Å². The van der Waals surface area contributed by atoms with E-state index in [-0.39, 0.29) is 42.8 Å². The number of carbonyl (C=O) groups is 2. The summed E-state index contributed by atoms with van der Waals surface area (Å²) < 4.78 is 36.8. The van der Waals surface area contributed by atoms with Crippen molar-refractivity contribution >= 4 is 11.8 Å². The van der Waals surface area contributed by atoms with E-state index in [1.54, 1.807) is 37.4 Å². The Morgan fingerprint density at radius 3 is 2.55 bits per heavy atom. The van der Waals surface area contributed by atoms with Crippen molar-refractivity contribution in [3.05, 3.63) is 83.2 Å². The Bertz CT molecular complexity index is 1400. The molecule has 42 heavy (non-hydrogen) atoms. The maximum absolute atomic E-state index is 13.4. The molecule has 3 aromatic rings. The molecular weight excluding hydrogens is 541 g/mol. The summed E-state index contributed by atoms with van der Waals surface area (Å²) in [6.07, 6.45) is 1.13. The Morgan fingerprint density at radius 2 is 1.76 bits per heavy atom. The highest BCUT2D eigenvalue weighted by Crippen LogP contribution is 2.30. The standard InChI is InChI=1S/C32H36FN3O6/c1-39-28-11-5-21-6-12-31(37)34-17-23-7-10-25(16-29(23)40-2)42-27-13-14-36(18-22-3-8-24(33)9-4-22)19-26(27)35-32(38)20-41-30(28)15-21/h3-5,7-11,15-16,26-27H,6,12-14,17-20H2,1-2H3,(H,34,37)(H,35,38)/t26-,27+/m1/s1. The van der Waals surface area contributed by atoms with Gasteiger partial charge in [-0.15, -0.1) is 0 Å². The minimum Gasteiger partial charge on any atom is -0.496 e. The first kappa shape index (κ1) is 29.2. The summed E-state index contributed by atoms with van der Waals surface area (Å²) in [5, 5.41) is 6.07. The van der Waals surface area contributed by atoms with Gasteiger partial charge in [-0.25, -0.2) is 4.39 Å². The van der Waals surface area contributed by atoms with Crippen LogP contribution in [0.15, 0.2) is 60.7 Å². The Labute approximate surface area is 244 Å². The third-order valence-electron chi connectivity index (χ3n) is 7.55. The third-order valence-corrected chi connectivity index (χ3v) is 7.55. The fourth-order valence-electron chi connectivity index (χ4n) is 5.31. The molecule has 222 valence electrons. The van der Waals surface area contributed by atoms with Crippen LogP contribution in [0.5, 0.6) is 23.0 Å². The van der Waals surface area contributed by atoms with Crippen molar-refractivity contribution in [2.75, 3.05) is 33.9 Å². The number of piperidine rings is 1. The molecule has 3 aliphatic heterocycles. The van der Waals surface area contributed by atoms with Crippen molar-refractivity contribution in [3.63, 3.8) is 0 Å². The van der Waals surface area contributed by atoms with Crippen LogP contribution < -0.4 is 29.6 Å². The van der Waals surface area contributed by atoms with Crippen LogP contribution in [0.25, 0.3) is 0 Å². The molecule has 0 aliphatic carbocycles. The molecule has 2 N–H and O–H groups in total. The van der Waals surface area contributed by atoms with Gasteiger partial charge in [-0.05, 0) is 60.4 Å². The van der Waals surface area contributed by atoms with Crippen molar-refractivity contribution in [1.82, 2.24) is 15.5 Å². The van der Waals surface area contributed by atoms with Crippen molar-refractivity contribution in [1.29, 1.82) is 0 Å². The molecule has 0 unspecified atom stereocenters. The van der Waals surface area contributed by atoms with E-state index < -0.39 is 0 Å². The number of hydrogen-bond acceptors (Lipinski definition) is 7. The Hall–Kier alpha value is -4.31. The molecule has 9 nitrogen and oxygen atoms in total. The number of benzene rings is 3.